The lowest BCUT2D eigenvalue weighted by atomic mass is 9.88. The highest BCUT2D eigenvalue weighted by Gasteiger charge is 2.31. The largest absolute Gasteiger partial charge is 0.448 e. The van der Waals surface area contributed by atoms with Gasteiger partial charge in [0.2, 0.25) is 0 Å². The van der Waals surface area contributed by atoms with Crippen LogP contribution in [0.5, 0.6) is 0 Å². The molecular weight excluding hydrogens is 481 g/mol. The quantitative estimate of drug-likeness (QED) is 0.522. The van der Waals surface area contributed by atoms with Gasteiger partial charge in [0, 0.05) is 44.6 Å². The molecule has 0 bridgehead atoms. The molecule has 1 atom stereocenters. The Morgan fingerprint density at radius 1 is 1.22 bits per heavy atom. The van der Waals surface area contributed by atoms with Crippen molar-refractivity contribution in [3.05, 3.63) is 41.8 Å². The van der Waals surface area contributed by atoms with E-state index >= 15 is 0 Å². The number of ether oxygens (including phenoxy) is 2. The zero-order valence-electron chi connectivity index (χ0n) is 20.6. The standard InChI is InChI=1S/C25H32FN7O4/c26-19-1-3-20(4-2-19)29-24-21(23(28)34)17-33(30-24)22(5-8-27)18-6-9-32(10-7-18)25(35)37-16-13-31-11-14-36-15-12-31/h1-4,17-18,22H,5-7,9-16H2,(H2,28,34)(H,29,30)/t22-/m0/s1. The van der Waals surface area contributed by atoms with E-state index in [1.165, 1.54) is 24.3 Å². The van der Waals surface area contributed by atoms with E-state index in [4.69, 9.17) is 15.2 Å². The molecule has 3 heterocycles. The number of halogens is 1. The van der Waals surface area contributed by atoms with E-state index in [1.54, 1.807) is 15.8 Å². The first kappa shape index (κ1) is 26.4. The number of rotatable bonds is 9. The van der Waals surface area contributed by atoms with Crippen molar-refractivity contribution >= 4 is 23.5 Å². The topological polar surface area (TPSA) is 139 Å². The second-order valence-electron chi connectivity index (χ2n) is 9.19. The number of primary amides is 1. The first-order chi connectivity index (χ1) is 17.9. The Labute approximate surface area is 214 Å². The average molecular weight is 514 g/mol. The second-order valence-corrected chi connectivity index (χ2v) is 9.19. The van der Waals surface area contributed by atoms with Crippen LogP contribution in [0.4, 0.5) is 20.7 Å². The van der Waals surface area contributed by atoms with Gasteiger partial charge < -0.3 is 25.4 Å². The molecule has 0 radical (unpaired) electrons. The van der Waals surface area contributed by atoms with Crippen molar-refractivity contribution in [3.63, 3.8) is 0 Å². The van der Waals surface area contributed by atoms with Gasteiger partial charge in [0.1, 0.15) is 18.0 Å². The number of morpholine rings is 1. The highest BCUT2D eigenvalue weighted by Crippen LogP contribution is 2.33. The average Bonchev–Trinajstić information content (AvgIpc) is 3.33. The number of aromatic nitrogens is 2. The maximum absolute atomic E-state index is 13.3. The van der Waals surface area contributed by atoms with Gasteiger partial charge in [0.25, 0.3) is 5.91 Å². The van der Waals surface area contributed by atoms with Crippen molar-refractivity contribution in [2.75, 3.05) is 57.9 Å². The SMILES string of the molecule is N#CC[C@@H](C1CCN(C(=O)OCCN2CCOCC2)CC1)n1cc(C(N)=O)c(Nc2ccc(F)cc2)n1. The molecule has 2 aliphatic rings. The van der Waals surface area contributed by atoms with E-state index in [0.29, 0.717) is 58.0 Å². The van der Waals surface area contributed by atoms with Crippen molar-refractivity contribution in [1.29, 1.82) is 5.26 Å². The Kier molecular flexibility index (Phi) is 8.92. The van der Waals surface area contributed by atoms with E-state index in [9.17, 15) is 19.2 Å². The molecule has 1 aromatic carbocycles. The molecule has 11 nitrogen and oxygen atoms in total. The summed E-state index contributed by atoms with van der Waals surface area (Å²) in [6.45, 7) is 5.12. The van der Waals surface area contributed by atoms with Crippen LogP contribution in [0.3, 0.4) is 0 Å². The Morgan fingerprint density at radius 3 is 2.57 bits per heavy atom. The molecule has 1 aromatic heterocycles. The Balaban J connectivity index is 1.36. The molecule has 4 rings (SSSR count). The van der Waals surface area contributed by atoms with Gasteiger partial charge in [-0.3, -0.25) is 14.4 Å². The molecule has 2 fully saturated rings. The Morgan fingerprint density at radius 2 is 1.92 bits per heavy atom. The molecule has 0 spiro atoms. The van der Waals surface area contributed by atoms with E-state index < -0.39 is 5.91 Å². The summed E-state index contributed by atoms with van der Waals surface area (Å²) in [5.74, 6) is -0.742. The van der Waals surface area contributed by atoms with Crippen molar-refractivity contribution in [2.24, 2.45) is 11.7 Å². The summed E-state index contributed by atoms with van der Waals surface area (Å²) in [6.07, 6.45) is 2.73. The zero-order chi connectivity index (χ0) is 26.2. The summed E-state index contributed by atoms with van der Waals surface area (Å²) in [5, 5.41) is 17.0. The van der Waals surface area contributed by atoms with Crippen LogP contribution in [0, 0.1) is 23.1 Å². The minimum atomic E-state index is -0.666. The minimum Gasteiger partial charge on any atom is -0.448 e. The second kappa shape index (κ2) is 12.5. The van der Waals surface area contributed by atoms with Gasteiger partial charge in [-0.25, -0.2) is 9.18 Å². The van der Waals surface area contributed by atoms with Crippen LogP contribution in [0.15, 0.2) is 30.5 Å². The molecule has 0 unspecified atom stereocenters. The summed E-state index contributed by atoms with van der Waals surface area (Å²) >= 11 is 0. The molecule has 2 aromatic rings. The zero-order valence-corrected chi connectivity index (χ0v) is 20.6. The summed E-state index contributed by atoms with van der Waals surface area (Å²) in [5.41, 5.74) is 6.29. The number of anilines is 2. The summed E-state index contributed by atoms with van der Waals surface area (Å²) < 4.78 is 25.7. The van der Waals surface area contributed by atoms with Crippen LogP contribution in [0.25, 0.3) is 0 Å². The number of nitrogens with zero attached hydrogens (tertiary/aromatic N) is 5. The van der Waals surface area contributed by atoms with E-state index in [2.05, 4.69) is 21.4 Å². The third-order valence-electron chi connectivity index (χ3n) is 6.82. The van der Waals surface area contributed by atoms with Crippen molar-refractivity contribution in [1.82, 2.24) is 19.6 Å². The normalized spacial score (nSPS) is 17.7. The lowest BCUT2D eigenvalue weighted by Crippen LogP contribution is -2.42. The van der Waals surface area contributed by atoms with Gasteiger partial charge in [0.15, 0.2) is 5.82 Å². The Bertz CT molecular complexity index is 1100. The summed E-state index contributed by atoms with van der Waals surface area (Å²) in [4.78, 5) is 28.5. The van der Waals surface area contributed by atoms with Crippen molar-refractivity contribution < 1.29 is 23.5 Å². The number of carbonyl (C=O) groups excluding carboxylic acids is 2. The molecule has 37 heavy (non-hydrogen) atoms. The van der Waals surface area contributed by atoms with Crippen LogP contribution in [0.1, 0.15) is 35.7 Å². The number of likely N-dealkylation sites (tertiary alicyclic amines) is 1. The number of piperidine rings is 1. The first-order valence-electron chi connectivity index (χ1n) is 12.4. The minimum absolute atomic E-state index is 0.0661. The van der Waals surface area contributed by atoms with Gasteiger partial charge >= 0.3 is 6.09 Å². The maximum atomic E-state index is 13.3. The molecule has 0 aliphatic carbocycles. The van der Waals surface area contributed by atoms with E-state index in [-0.39, 0.29) is 41.7 Å². The molecule has 2 aliphatic heterocycles. The number of nitrogens with one attached hydrogen (secondary N) is 1. The fourth-order valence-electron chi connectivity index (χ4n) is 4.72. The van der Waals surface area contributed by atoms with Crippen LogP contribution in [0.2, 0.25) is 0 Å². The Hall–Kier alpha value is -3.69. The smallest absolute Gasteiger partial charge is 0.409 e. The monoisotopic (exact) mass is 513 g/mol. The third kappa shape index (κ3) is 6.96. The predicted molar refractivity (Wildman–Crippen MR) is 133 cm³/mol. The van der Waals surface area contributed by atoms with E-state index in [0.717, 1.165) is 13.1 Å². The third-order valence-corrected chi connectivity index (χ3v) is 6.82. The van der Waals surface area contributed by atoms with Gasteiger partial charge in [-0.1, -0.05) is 0 Å². The number of nitrogens with two attached hydrogens (primary N) is 1. The molecule has 12 heteroatoms. The number of amides is 2. The number of hydrogen-bond donors (Lipinski definition) is 2. The highest BCUT2D eigenvalue weighted by atomic mass is 19.1. The number of carbonyl (C=O) groups is 2. The highest BCUT2D eigenvalue weighted by molar-refractivity contribution is 5.98. The summed E-state index contributed by atoms with van der Waals surface area (Å²) in [6, 6.07) is 7.56. The van der Waals surface area contributed by atoms with Crippen LogP contribution in [-0.2, 0) is 9.47 Å². The lowest BCUT2D eigenvalue weighted by molar-refractivity contribution is 0.0229. The molecular formula is C25H32FN7O4. The van der Waals surface area contributed by atoms with Gasteiger partial charge in [-0.15, -0.1) is 0 Å². The maximum Gasteiger partial charge on any atom is 0.409 e. The molecule has 2 saturated heterocycles. The van der Waals surface area contributed by atoms with Crippen LogP contribution in [-0.4, -0.2) is 84.1 Å². The first-order valence-corrected chi connectivity index (χ1v) is 12.4. The fourth-order valence-corrected chi connectivity index (χ4v) is 4.72. The molecule has 2 amide bonds. The summed E-state index contributed by atoms with van der Waals surface area (Å²) in [7, 11) is 0. The van der Waals surface area contributed by atoms with Crippen LogP contribution >= 0.6 is 0 Å². The van der Waals surface area contributed by atoms with Crippen molar-refractivity contribution in [2.45, 2.75) is 25.3 Å². The molecule has 0 saturated carbocycles. The van der Waals surface area contributed by atoms with Gasteiger partial charge in [-0.2, -0.15) is 10.4 Å². The van der Waals surface area contributed by atoms with Crippen LogP contribution < -0.4 is 11.1 Å². The molecule has 198 valence electrons. The number of nitriles is 1. The number of hydrogen-bond acceptors (Lipinski definition) is 8. The lowest BCUT2D eigenvalue weighted by Gasteiger charge is -2.35. The fraction of sp³-hybridized carbons (Fsp3) is 0.520. The predicted octanol–water partition coefficient (Wildman–Crippen LogP) is 2.50. The number of benzene rings is 1. The van der Waals surface area contributed by atoms with Crippen molar-refractivity contribution in [3.8, 4) is 6.07 Å². The van der Waals surface area contributed by atoms with E-state index in [1.807, 2.05) is 0 Å². The molecule has 3 N–H and O–H groups in total. The van der Waals surface area contributed by atoms with Gasteiger partial charge in [-0.05, 0) is 43.0 Å². The van der Waals surface area contributed by atoms with Gasteiger partial charge in [0.05, 0.1) is 31.7 Å².